The highest BCUT2D eigenvalue weighted by atomic mass is 35.5. The summed E-state index contributed by atoms with van der Waals surface area (Å²) in [6.45, 7) is 4.31. The van der Waals surface area contributed by atoms with Gasteiger partial charge in [-0.1, -0.05) is 22.8 Å². The number of nitrogens with zero attached hydrogens (tertiary/aromatic N) is 2. The smallest absolute Gasteiger partial charge is 0.251 e. The number of hydrogen-bond donors (Lipinski definition) is 1. The second-order valence-corrected chi connectivity index (χ2v) is 7.27. The average molecular weight is 362 g/mol. The molecule has 3 heterocycles. The second kappa shape index (κ2) is 6.12. The first kappa shape index (κ1) is 16.6. The Morgan fingerprint density at radius 1 is 1.40 bits per heavy atom. The zero-order valence-electron chi connectivity index (χ0n) is 14.0. The topological polar surface area (TPSA) is 81.6 Å². The van der Waals surface area contributed by atoms with E-state index in [4.69, 9.17) is 26.6 Å². The normalized spacial score (nSPS) is 22.2. The largest absolute Gasteiger partial charge is 0.367 e. The number of likely N-dealkylation sites (tertiary alicyclic amines) is 1. The maximum atomic E-state index is 11.8. The van der Waals surface area contributed by atoms with Crippen LogP contribution < -0.4 is 5.73 Å². The lowest BCUT2D eigenvalue weighted by Gasteiger charge is -2.39. The molecule has 1 saturated heterocycles. The number of rotatable bonds is 3. The highest BCUT2D eigenvalue weighted by Gasteiger charge is 2.48. The van der Waals surface area contributed by atoms with Crippen molar-refractivity contribution >= 4 is 17.5 Å². The summed E-state index contributed by atoms with van der Waals surface area (Å²) in [5, 5.41) is 4.70. The number of ether oxygens (including phenoxy) is 1. The highest BCUT2D eigenvalue weighted by molar-refractivity contribution is 6.30. The molecule has 0 bridgehead atoms. The Kier molecular flexibility index (Phi) is 4.06. The zero-order chi connectivity index (χ0) is 17.6. The van der Waals surface area contributed by atoms with Crippen LogP contribution in [0.4, 0.5) is 0 Å². The number of nitrogens with two attached hydrogens (primary N) is 1. The molecule has 2 N–H and O–H groups in total. The molecule has 0 radical (unpaired) electrons. The van der Waals surface area contributed by atoms with Crippen molar-refractivity contribution in [1.29, 1.82) is 0 Å². The summed E-state index contributed by atoms with van der Waals surface area (Å²) in [6.07, 6.45) is 0.860. The van der Waals surface area contributed by atoms with Crippen molar-refractivity contribution in [3.8, 4) is 0 Å². The quantitative estimate of drug-likeness (QED) is 0.908. The monoisotopic (exact) mass is 361 g/mol. The standard InChI is InChI=1S/C18H20ClN3O3/c1-11-8-13(21-25-11)10-22-6-4-18(5-7-22)15-9-12(19)2-3-14(15)16(24-18)17(20)23/h2-3,8-9,16H,4-7,10H2,1H3,(H2,20,23). The van der Waals surface area contributed by atoms with Crippen molar-refractivity contribution in [3.63, 3.8) is 0 Å². The number of amides is 1. The Morgan fingerprint density at radius 2 is 2.16 bits per heavy atom. The van der Waals surface area contributed by atoms with E-state index >= 15 is 0 Å². The Labute approximate surface area is 150 Å². The van der Waals surface area contributed by atoms with Gasteiger partial charge in [0, 0.05) is 30.7 Å². The molecule has 1 amide bonds. The SMILES string of the molecule is Cc1cc(CN2CCC3(CC2)OC(C(N)=O)c2ccc(Cl)cc23)no1. The van der Waals surface area contributed by atoms with Crippen LogP contribution in [0, 0.1) is 6.92 Å². The molecule has 1 fully saturated rings. The molecular formula is C18H20ClN3O3. The van der Waals surface area contributed by atoms with Gasteiger partial charge in [0.25, 0.3) is 5.91 Å². The maximum Gasteiger partial charge on any atom is 0.251 e. The van der Waals surface area contributed by atoms with Crippen molar-refractivity contribution in [2.75, 3.05) is 13.1 Å². The van der Waals surface area contributed by atoms with Crippen molar-refractivity contribution in [1.82, 2.24) is 10.1 Å². The second-order valence-electron chi connectivity index (χ2n) is 6.83. The molecule has 2 aliphatic rings. The van der Waals surface area contributed by atoms with E-state index in [1.54, 1.807) is 6.07 Å². The van der Waals surface area contributed by atoms with E-state index in [0.717, 1.165) is 55.1 Å². The molecule has 132 valence electrons. The Balaban J connectivity index is 1.54. The minimum absolute atomic E-state index is 0.457. The number of aryl methyl sites for hydroxylation is 1. The van der Waals surface area contributed by atoms with Crippen LogP contribution in [0.3, 0.4) is 0 Å². The van der Waals surface area contributed by atoms with Crippen LogP contribution in [0.15, 0.2) is 28.8 Å². The summed E-state index contributed by atoms with van der Waals surface area (Å²) >= 11 is 6.19. The van der Waals surface area contributed by atoms with Crippen molar-refractivity contribution < 1.29 is 14.1 Å². The number of halogens is 1. The number of benzene rings is 1. The van der Waals surface area contributed by atoms with Gasteiger partial charge in [-0.25, -0.2) is 0 Å². The Hall–Kier alpha value is -1.89. The van der Waals surface area contributed by atoms with E-state index < -0.39 is 17.6 Å². The van der Waals surface area contributed by atoms with Crippen LogP contribution in [0.1, 0.15) is 41.5 Å². The average Bonchev–Trinajstić information content (AvgIpc) is 3.12. The number of piperidine rings is 1. The molecule has 6 nitrogen and oxygen atoms in total. The fourth-order valence-corrected chi connectivity index (χ4v) is 4.07. The van der Waals surface area contributed by atoms with Gasteiger partial charge < -0.3 is 15.0 Å². The third-order valence-corrected chi connectivity index (χ3v) is 5.35. The van der Waals surface area contributed by atoms with Crippen LogP contribution in [-0.4, -0.2) is 29.1 Å². The molecule has 1 aromatic heterocycles. The summed E-state index contributed by atoms with van der Waals surface area (Å²) in [7, 11) is 0. The Morgan fingerprint density at radius 3 is 2.80 bits per heavy atom. The number of primary amides is 1. The lowest BCUT2D eigenvalue weighted by molar-refractivity contribution is -0.148. The van der Waals surface area contributed by atoms with Gasteiger partial charge >= 0.3 is 0 Å². The van der Waals surface area contributed by atoms with Crippen LogP contribution in [0.2, 0.25) is 5.02 Å². The van der Waals surface area contributed by atoms with Gasteiger partial charge in [0.1, 0.15) is 5.76 Å². The maximum absolute atomic E-state index is 11.8. The number of fused-ring (bicyclic) bond motifs is 2. The van der Waals surface area contributed by atoms with E-state index in [1.165, 1.54) is 0 Å². The first-order valence-electron chi connectivity index (χ1n) is 8.38. The van der Waals surface area contributed by atoms with Crippen molar-refractivity contribution in [3.05, 3.63) is 51.9 Å². The van der Waals surface area contributed by atoms with Crippen molar-refractivity contribution in [2.24, 2.45) is 5.73 Å². The van der Waals surface area contributed by atoms with E-state index in [9.17, 15) is 4.79 Å². The number of hydrogen-bond acceptors (Lipinski definition) is 5. The molecule has 1 unspecified atom stereocenters. The predicted octanol–water partition coefficient (Wildman–Crippen LogP) is 2.68. The molecule has 25 heavy (non-hydrogen) atoms. The molecule has 7 heteroatoms. The first-order valence-corrected chi connectivity index (χ1v) is 8.76. The van der Waals surface area contributed by atoms with E-state index in [2.05, 4.69) is 10.1 Å². The molecule has 4 rings (SSSR count). The summed E-state index contributed by atoms with van der Waals surface area (Å²) in [5.74, 6) is 0.358. The third kappa shape index (κ3) is 2.94. The van der Waals surface area contributed by atoms with E-state index in [1.807, 2.05) is 25.1 Å². The van der Waals surface area contributed by atoms with Crippen LogP contribution in [0.5, 0.6) is 0 Å². The van der Waals surface area contributed by atoms with Gasteiger partial charge in [0.2, 0.25) is 0 Å². The minimum atomic E-state index is -0.697. The highest BCUT2D eigenvalue weighted by Crippen LogP contribution is 2.50. The number of carbonyl (C=O) groups is 1. The van der Waals surface area contributed by atoms with Gasteiger partial charge in [-0.3, -0.25) is 9.69 Å². The van der Waals surface area contributed by atoms with Gasteiger partial charge in [0.05, 0.1) is 11.3 Å². The van der Waals surface area contributed by atoms with Crippen LogP contribution in [-0.2, 0) is 21.7 Å². The van der Waals surface area contributed by atoms with Gasteiger partial charge in [-0.2, -0.15) is 0 Å². The number of carbonyl (C=O) groups excluding carboxylic acids is 1. The van der Waals surface area contributed by atoms with Crippen molar-refractivity contribution in [2.45, 2.75) is 38.0 Å². The fourth-order valence-electron chi connectivity index (χ4n) is 3.90. The number of aromatic nitrogens is 1. The molecule has 1 atom stereocenters. The van der Waals surface area contributed by atoms with Crippen LogP contribution in [0.25, 0.3) is 0 Å². The van der Waals surface area contributed by atoms with Gasteiger partial charge in [0.15, 0.2) is 6.10 Å². The molecule has 0 saturated carbocycles. The molecule has 1 spiro atoms. The Bertz CT molecular complexity index is 812. The van der Waals surface area contributed by atoms with Gasteiger partial charge in [-0.05, 0) is 43.0 Å². The lowest BCUT2D eigenvalue weighted by atomic mass is 9.83. The third-order valence-electron chi connectivity index (χ3n) is 5.12. The van der Waals surface area contributed by atoms with E-state index in [0.29, 0.717) is 5.02 Å². The summed E-state index contributed by atoms with van der Waals surface area (Å²) in [4.78, 5) is 14.1. The fraction of sp³-hybridized carbons (Fsp3) is 0.444. The molecule has 0 aliphatic carbocycles. The van der Waals surface area contributed by atoms with Gasteiger partial charge in [-0.15, -0.1) is 0 Å². The molecule has 1 aromatic carbocycles. The lowest BCUT2D eigenvalue weighted by Crippen LogP contribution is -2.42. The van der Waals surface area contributed by atoms with Crippen LogP contribution >= 0.6 is 11.6 Å². The summed E-state index contributed by atoms with van der Waals surface area (Å²) in [6, 6.07) is 7.50. The van der Waals surface area contributed by atoms with E-state index in [-0.39, 0.29) is 0 Å². The minimum Gasteiger partial charge on any atom is -0.367 e. The summed E-state index contributed by atoms with van der Waals surface area (Å²) < 4.78 is 11.3. The molecular weight excluding hydrogens is 342 g/mol. The first-order chi connectivity index (χ1) is 12.0. The predicted molar refractivity (Wildman–Crippen MR) is 91.9 cm³/mol. The molecule has 2 aromatic rings. The molecule has 2 aliphatic heterocycles. The summed E-state index contributed by atoms with van der Waals surface area (Å²) in [5.41, 5.74) is 7.83. The zero-order valence-corrected chi connectivity index (χ0v) is 14.8.